The van der Waals surface area contributed by atoms with Crippen molar-refractivity contribution in [3.63, 3.8) is 0 Å². The molecule has 0 radical (unpaired) electrons. The maximum atomic E-state index is 3.04. The fourth-order valence-corrected chi connectivity index (χ4v) is 1.01. The highest BCUT2D eigenvalue weighted by atomic mass is 15.2. The predicted octanol–water partition coefficient (Wildman–Crippen LogP) is -1.03. The first-order chi connectivity index (χ1) is 5.95. The van der Waals surface area contributed by atoms with Gasteiger partial charge in [-0.3, -0.25) is 0 Å². The molecule has 0 bridgehead atoms. The van der Waals surface area contributed by atoms with Crippen LogP contribution >= 0.6 is 0 Å². The zero-order valence-corrected chi connectivity index (χ0v) is 6.46. The summed E-state index contributed by atoms with van der Waals surface area (Å²) >= 11 is 0. The Kier molecular flexibility index (Phi) is 1.78. The van der Waals surface area contributed by atoms with Crippen LogP contribution in [0.5, 0.6) is 0 Å². The molecule has 4 N–H and O–H groups in total. The Balaban J connectivity index is 1.83. The summed E-state index contributed by atoms with van der Waals surface area (Å²) in [5.74, 6) is 6.05. The first-order valence-electron chi connectivity index (χ1n) is 3.80. The monoisotopic (exact) mass is 162 g/mol. The first kappa shape index (κ1) is 6.92. The van der Waals surface area contributed by atoms with Gasteiger partial charge in [-0.1, -0.05) is 11.8 Å². The van der Waals surface area contributed by atoms with E-state index in [0.29, 0.717) is 0 Å². The van der Waals surface area contributed by atoms with Gasteiger partial charge in [0.1, 0.15) is 0 Å². The Hall–Kier alpha value is -1.76. The molecule has 2 aliphatic rings. The third kappa shape index (κ3) is 1.45. The molecule has 0 aliphatic carbocycles. The van der Waals surface area contributed by atoms with E-state index >= 15 is 0 Å². The van der Waals surface area contributed by atoms with E-state index in [0.717, 1.165) is 0 Å². The second-order valence-corrected chi connectivity index (χ2v) is 2.49. The smallest absolute Gasteiger partial charge is 0.160 e. The van der Waals surface area contributed by atoms with Crippen molar-refractivity contribution in [2.24, 2.45) is 0 Å². The third-order valence-electron chi connectivity index (χ3n) is 1.59. The van der Waals surface area contributed by atoms with Crippen LogP contribution in [-0.4, -0.2) is 12.3 Å². The van der Waals surface area contributed by atoms with Crippen LogP contribution in [0.25, 0.3) is 0 Å². The molecule has 12 heavy (non-hydrogen) atoms. The van der Waals surface area contributed by atoms with Crippen LogP contribution in [0.1, 0.15) is 0 Å². The van der Waals surface area contributed by atoms with Crippen LogP contribution in [0.2, 0.25) is 0 Å². The number of nitrogens with one attached hydrogen (secondary N) is 4. The molecule has 0 amide bonds. The van der Waals surface area contributed by atoms with E-state index in [9.17, 15) is 0 Å². The average molecular weight is 162 g/mol. The molecule has 0 saturated carbocycles. The quantitative estimate of drug-likeness (QED) is 0.344. The molecule has 0 aromatic carbocycles. The highest BCUT2D eigenvalue weighted by Gasteiger charge is 2.05. The van der Waals surface area contributed by atoms with Crippen molar-refractivity contribution in [2.45, 2.75) is 12.3 Å². The van der Waals surface area contributed by atoms with E-state index in [4.69, 9.17) is 0 Å². The van der Waals surface area contributed by atoms with Crippen LogP contribution in [0.4, 0.5) is 0 Å². The highest BCUT2D eigenvalue weighted by molar-refractivity contribution is 5.18. The molecule has 62 valence electrons. The van der Waals surface area contributed by atoms with Crippen molar-refractivity contribution < 1.29 is 0 Å². The van der Waals surface area contributed by atoms with Crippen molar-refractivity contribution in [3.05, 3.63) is 24.8 Å². The molecule has 0 aromatic heterocycles. The fraction of sp³-hybridized carbons (Fsp3) is 0.250. The fourth-order valence-electron chi connectivity index (χ4n) is 1.01. The van der Waals surface area contributed by atoms with Gasteiger partial charge in [-0.2, -0.15) is 0 Å². The minimum Gasteiger partial charge on any atom is -0.360 e. The van der Waals surface area contributed by atoms with E-state index in [1.807, 2.05) is 24.8 Å². The number of hydrogen-bond acceptors (Lipinski definition) is 4. The molecular weight excluding hydrogens is 152 g/mol. The average Bonchev–Trinajstić information content (AvgIpc) is 2.74. The van der Waals surface area contributed by atoms with E-state index in [-0.39, 0.29) is 12.3 Å². The summed E-state index contributed by atoms with van der Waals surface area (Å²) < 4.78 is 0. The van der Waals surface area contributed by atoms with Gasteiger partial charge >= 0.3 is 0 Å². The molecule has 2 heterocycles. The van der Waals surface area contributed by atoms with Crippen molar-refractivity contribution in [1.29, 1.82) is 0 Å². The van der Waals surface area contributed by atoms with E-state index in [1.165, 1.54) is 0 Å². The minimum absolute atomic E-state index is 0.0502. The second-order valence-electron chi connectivity index (χ2n) is 2.49. The van der Waals surface area contributed by atoms with E-state index < -0.39 is 0 Å². The Bertz CT molecular complexity index is 229. The lowest BCUT2D eigenvalue weighted by Crippen LogP contribution is -2.32. The lowest BCUT2D eigenvalue weighted by Gasteiger charge is -2.05. The first-order valence-corrected chi connectivity index (χ1v) is 3.80. The van der Waals surface area contributed by atoms with Crippen molar-refractivity contribution >= 4 is 0 Å². The molecule has 0 atom stereocenters. The van der Waals surface area contributed by atoms with Crippen LogP contribution in [0, 0.1) is 11.8 Å². The van der Waals surface area contributed by atoms with Gasteiger partial charge in [0.25, 0.3) is 0 Å². The summed E-state index contributed by atoms with van der Waals surface area (Å²) in [7, 11) is 0. The van der Waals surface area contributed by atoms with Gasteiger partial charge in [0, 0.05) is 24.8 Å². The summed E-state index contributed by atoms with van der Waals surface area (Å²) in [4.78, 5) is 0. The molecule has 4 heteroatoms. The summed E-state index contributed by atoms with van der Waals surface area (Å²) in [6.45, 7) is 0. The van der Waals surface area contributed by atoms with Crippen LogP contribution < -0.4 is 21.3 Å². The molecular formula is C8H10N4. The zero-order valence-electron chi connectivity index (χ0n) is 6.46. The maximum Gasteiger partial charge on any atom is 0.160 e. The van der Waals surface area contributed by atoms with Crippen LogP contribution in [0.3, 0.4) is 0 Å². The van der Waals surface area contributed by atoms with Gasteiger partial charge in [-0.15, -0.1) is 0 Å². The standard InChI is InChI=1S/C8H10N4/c1(7-9-3-4-10-7)2-8-11-5-6-12-8/h3-12H. The Labute approximate surface area is 71.1 Å². The van der Waals surface area contributed by atoms with Gasteiger partial charge in [0.15, 0.2) is 12.3 Å². The number of rotatable bonds is 0. The minimum atomic E-state index is 0.0502. The SMILES string of the molecule is C(#CC1NC=CN1)C1NC=CN1. The van der Waals surface area contributed by atoms with Crippen molar-refractivity contribution in [1.82, 2.24) is 21.3 Å². The third-order valence-corrected chi connectivity index (χ3v) is 1.59. The lowest BCUT2D eigenvalue weighted by atomic mass is 10.4. The van der Waals surface area contributed by atoms with Gasteiger partial charge < -0.3 is 21.3 Å². The Morgan fingerprint density at radius 3 is 1.33 bits per heavy atom. The lowest BCUT2D eigenvalue weighted by molar-refractivity contribution is 0.688. The summed E-state index contributed by atoms with van der Waals surface area (Å²) in [6, 6.07) is 0. The van der Waals surface area contributed by atoms with Gasteiger partial charge in [0.2, 0.25) is 0 Å². The molecule has 2 aliphatic heterocycles. The predicted molar refractivity (Wildman–Crippen MR) is 46.2 cm³/mol. The molecule has 0 saturated heterocycles. The highest BCUT2D eigenvalue weighted by Crippen LogP contribution is 1.87. The van der Waals surface area contributed by atoms with Gasteiger partial charge in [0.05, 0.1) is 0 Å². The Morgan fingerprint density at radius 1 is 0.667 bits per heavy atom. The zero-order chi connectivity index (χ0) is 8.23. The molecule has 0 aromatic rings. The number of hydrogen-bond donors (Lipinski definition) is 4. The van der Waals surface area contributed by atoms with Crippen LogP contribution in [0.15, 0.2) is 24.8 Å². The van der Waals surface area contributed by atoms with Crippen LogP contribution in [-0.2, 0) is 0 Å². The maximum absolute atomic E-state index is 3.04. The molecule has 0 unspecified atom stereocenters. The van der Waals surface area contributed by atoms with Crippen molar-refractivity contribution in [3.8, 4) is 11.8 Å². The van der Waals surface area contributed by atoms with E-state index in [2.05, 4.69) is 33.1 Å². The molecule has 4 nitrogen and oxygen atoms in total. The molecule has 0 spiro atoms. The largest absolute Gasteiger partial charge is 0.360 e. The van der Waals surface area contributed by atoms with Gasteiger partial charge in [-0.25, -0.2) is 0 Å². The Morgan fingerprint density at radius 2 is 1.00 bits per heavy atom. The van der Waals surface area contributed by atoms with E-state index in [1.54, 1.807) is 0 Å². The summed E-state index contributed by atoms with van der Waals surface area (Å²) in [6.07, 6.45) is 7.46. The summed E-state index contributed by atoms with van der Waals surface area (Å²) in [5, 5.41) is 12.2. The molecule has 0 fully saturated rings. The molecule has 2 rings (SSSR count). The topological polar surface area (TPSA) is 48.1 Å². The van der Waals surface area contributed by atoms with Gasteiger partial charge in [-0.05, 0) is 0 Å². The normalized spacial score (nSPS) is 20.3. The van der Waals surface area contributed by atoms with Crippen molar-refractivity contribution in [2.75, 3.05) is 0 Å². The summed E-state index contributed by atoms with van der Waals surface area (Å²) in [5.41, 5.74) is 0. The second kappa shape index (κ2) is 3.09.